The minimum atomic E-state index is -0.725. The van der Waals surface area contributed by atoms with Gasteiger partial charge in [-0.15, -0.1) is 0 Å². The number of halogens is 1. The maximum atomic E-state index is 12.5. The van der Waals surface area contributed by atoms with Gasteiger partial charge < -0.3 is 10.4 Å². The van der Waals surface area contributed by atoms with E-state index in [9.17, 15) is 9.59 Å². The van der Waals surface area contributed by atoms with Crippen LogP contribution < -0.4 is 5.32 Å². The van der Waals surface area contributed by atoms with Gasteiger partial charge in [0.2, 0.25) is 0 Å². The third-order valence-corrected chi connectivity index (χ3v) is 4.41. The Labute approximate surface area is 168 Å². The summed E-state index contributed by atoms with van der Waals surface area (Å²) in [6.45, 7) is 6.24. The van der Waals surface area contributed by atoms with Gasteiger partial charge in [-0.05, 0) is 29.7 Å². The quantitative estimate of drug-likeness (QED) is 0.362. The molecule has 0 unspecified atom stereocenters. The maximum Gasteiger partial charge on any atom is 0.250 e. The number of benzene rings is 2. The highest BCUT2D eigenvalue weighted by Gasteiger charge is 2.21. The van der Waals surface area contributed by atoms with Crippen molar-refractivity contribution in [2.45, 2.75) is 19.3 Å². The molecule has 6 nitrogen and oxygen atoms in total. The normalized spacial score (nSPS) is 11.3. The molecule has 0 aliphatic heterocycles. The molecule has 0 saturated heterocycles. The van der Waals surface area contributed by atoms with Gasteiger partial charge in [-0.3, -0.25) is 15.0 Å². The van der Waals surface area contributed by atoms with Crippen LogP contribution in [0.15, 0.2) is 48.5 Å². The SMILES string of the molecule is [C-]#[N+]c1ccc(CC(=O)C[C@@H](Cc2ccc(Cl)cc2)C(=N)NC(=O)CO)cc1. The second-order valence-corrected chi connectivity index (χ2v) is 6.78. The van der Waals surface area contributed by atoms with Gasteiger partial charge in [0.1, 0.15) is 18.2 Å². The predicted molar refractivity (Wildman–Crippen MR) is 108 cm³/mol. The lowest BCUT2D eigenvalue weighted by atomic mass is 9.91. The number of nitrogens with one attached hydrogen (secondary N) is 2. The standard InChI is InChI=1S/C21H20ClN3O3/c1-24-18-8-4-15(5-9-18)11-19(27)12-16(21(23)25-20(28)13-26)10-14-2-6-17(22)7-3-14/h2-9,16,26H,10-13H2,(H2,23,25,28)/t16-/m1/s1. The number of hydrogen-bond acceptors (Lipinski definition) is 4. The van der Waals surface area contributed by atoms with Gasteiger partial charge in [0, 0.05) is 23.8 Å². The lowest BCUT2D eigenvalue weighted by Crippen LogP contribution is -2.38. The van der Waals surface area contributed by atoms with Crippen molar-refractivity contribution in [2.75, 3.05) is 6.61 Å². The van der Waals surface area contributed by atoms with Crippen molar-refractivity contribution in [3.05, 3.63) is 76.1 Å². The lowest BCUT2D eigenvalue weighted by Gasteiger charge is -2.18. The van der Waals surface area contributed by atoms with E-state index in [4.69, 9.17) is 28.7 Å². The van der Waals surface area contributed by atoms with Crippen LogP contribution in [0.3, 0.4) is 0 Å². The zero-order valence-electron chi connectivity index (χ0n) is 15.1. The molecular weight excluding hydrogens is 378 g/mol. The van der Waals surface area contributed by atoms with Crippen molar-refractivity contribution < 1.29 is 14.7 Å². The molecule has 28 heavy (non-hydrogen) atoms. The first kappa shape index (κ1) is 21.3. The molecule has 0 aliphatic carbocycles. The summed E-state index contributed by atoms with van der Waals surface area (Å²) in [7, 11) is 0. The van der Waals surface area contributed by atoms with Crippen molar-refractivity contribution in [3.8, 4) is 0 Å². The van der Waals surface area contributed by atoms with Gasteiger partial charge in [-0.2, -0.15) is 0 Å². The highest BCUT2D eigenvalue weighted by molar-refractivity contribution is 6.30. The Kier molecular flexibility index (Phi) is 7.88. The molecule has 2 rings (SSSR count). The predicted octanol–water partition coefficient (Wildman–Crippen LogP) is 3.34. The first-order valence-electron chi connectivity index (χ1n) is 8.63. The maximum absolute atomic E-state index is 12.5. The first-order chi connectivity index (χ1) is 13.4. The molecular formula is C21H20ClN3O3. The topological polar surface area (TPSA) is 94.6 Å². The van der Waals surface area contributed by atoms with Crippen LogP contribution in [-0.2, 0) is 22.4 Å². The van der Waals surface area contributed by atoms with Gasteiger partial charge in [-0.1, -0.05) is 48.0 Å². The average molecular weight is 398 g/mol. The summed E-state index contributed by atoms with van der Waals surface area (Å²) in [6.07, 6.45) is 0.623. The zero-order chi connectivity index (χ0) is 20.5. The number of carbonyl (C=O) groups excluding carboxylic acids is 2. The zero-order valence-corrected chi connectivity index (χ0v) is 15.9. The van der Waals surface area contributed by atoms with Crippen molar-refractivity contribution in [2.24, 2.45) is 5.92 Å². The van der Waals surface area contributed by atoms with Crippen LogP contribution in [0, 0.1) is 17.9 Å². The summed E-state index contributed by atoms with van der Waals surface area (Å²) < 4.78 is 0. The van der Waals surface area contributed by atoms with Crippen LogP contribution in [0.25, 0.3) is 4.85 Å². The van der Waals surface area contributed by atoms with Crippen LogP contribution >= 0.6 is 11.6 Å². The first-order valence-corrected chi connectivity index (χ1v) is 9.00. The molecule has 0 heterocycles. The minimum Gasteiger partial charge on any atom is -0.387 e. The number of Topliss-reactive ketones (excluding diaryl/α,β-unsaturated/α-hetero) is 1. The summed E-state index contributed by atoms with van der Waals surface area (Å²) in [5.74, 6) is -1.41. The van der Waals surface area contributed by atoms with Gasteiger partial charge >= 0.3 is 0 Å². The lowest BCUT2D eigenvalue weighted by molar-refractivity contribution is -0.123. The van der Waals surface area contributed by atoms with Crippen LogP contribution in [-0.4, -0.2) is 29.2 Å². The van der Waals surface area contributed by atoms with E-state index in [2.05, 4.69) is 10.2 Å². The molecule has 1 amide bonds. The number of nitrogens with zero attached hydrogens (tertiary/aromatic N) is 1. The smallest absolute Gasteiger partial charge is 0.250 e. The number of carbonyl (C=O) groups is 2. The third kappa shape index (κ3) is 6.62. The Morgan fingerprint density at radius 1 is 1.11 bits per heavy atom. The highest BCUT2D eigenvalue weighted by Crippen LogP contribution is 2.18. The average Bonchev–Trinajstić information content (AvgIpc) is 2.69. The summed E-state index contributed by atoms with van der Waals surface area (Å²) in [6, 6.07) is 13.9. The van der Waals surface area contributed by atoms with Crippen molar-refractivity contribution in [1.29, 1.82) is 5.41 Å². The van der Waals surface area contributed by atoms with E-state index in [0.717, 1.165) is 11.1 Å². The van der Waals surface area contributed by atoms with Gasteiger partial charge in [0.15, 0.2) is 5.69 Å². The Morgan fingerprint density at radius 3 is 2.29 bits per heavy atom. The number of ketones is 1. The number of aliphatic hydroxyl groups is 1. The van der Waals surface area contributed by atoms with E-state index in [1.807, 2.05) is 12.1 Å². The van der Waals surface area contributed by atoms with Crippen molar-refractivity contribution in [1.82, 2.24) is 5.32 Å². The molecule has 3 N–H and O–H groups in total. The third-order valence-electron chi connectivity index (χ3n) is 4.16. The van der Waals surface area contributed by atoms with Crippen LogP contribution in [0.4, 0.5) is 5.69 Å². The molecule has 2 aromatic carbocycles. The minimum absolute atomic E-state index is 0.0672. The van der Waals surface area contributed by atoms with E-state index in [1.54, 1.807) is 36.4 Å². The Bertz CT molecular complexity index is 887. The molecule has 0 aromatic heterocycles. The van der Waals surface area contributed by atoms with Crippen molar-refractivity contribution >= 4 is 34.8 Å². The molecule has 0 aliphatic rings. The van der Waals surface area contributed by atoms with E-state index in [0.29, 0.717) is 17.1 Å². The van der Waals surface area contributed by atoms with Crippen LogP contribution in [0.5, 0.6) is 0 Å². The molecule has 0 bridgehead atoms. The Balaban J connectivity index is 2.09. The van der Waals surface area contributed by atoms with Crippen molar-refractivity contribution in [3.63, 3.8) is 0 Å². The summed E-state index contributed by atoms with van der Waals surface area (Å²) in [5.41, 5.74) is 2.17. The highest BCUT2D eigenvalue weighted by atomic mass is 35.5. The molecule has 0 saturated carbocycles. The summed E-state index contributed by atoms with van der Waals surface area (Å²) in [5, 5.41) is 20.0. The Hall–Kier alpha value is -3.01. The molecule has 144 valence electrons. The summed E-state index contributed by atoms with van der Waals surface area (Å²) >= 11 is 5.90. The van der Waals surface area contributed by atoms with E-state index in [1.165, 1.54) is 0 Å². The number of amides is 1. The van der Waals surface area contributed by atoms with Gasteiger partial charge in [-0.25, -0.2) is 4.85 Å². The second kappa shape index (κ2) is 10.4. The molecule has 1 atom stereocenters. The number of rotatable bonds is 8. The number of aliphatic hydroxyl groups excluding tert-OH is 1. The van der Waals surface area contributed by atoms with Crippen LogP contribution in [0.2, 0.25) is 5.02 Å². The molecule has 0 radical (unpaired) electrons. The van der Waals surface area contributed by atoms with E-state index >= 15 is 0 Å². The second-order valence-electron chi connectivity index (χ2n) is 6.35. The Morgan fingerprint density at radius 2 is 1.71 bits per heavy atom. The fraction of sp³-hybridized carbons (Fsp3) is 0.238. The van der Waals surface area contributed by atoms with Crippen LogP contribution in [0.1, 0.15) is 17.5 Å². The monoisotopic (exact) mass is 397 g/mol. The molecule has 2 aromatic rings. The van der Waals surface area contributed by atoms with Gasteiger partial charge in [0.05, 0.1) is 6.57 Å². The molecule has 0 fully saturated rings. The van der Waals surface area contributed by atoms with E-state index < -0.39 is 18.4 Å². The summed E-state index contributed by atoms with van der Waals surface area (Å²) in [4.78, 5) is 27.3. The molecule has 0 spiro atoms. The largest absolute Gasteiger partial charge is 0.387 e. The fourth-order valence-electron chi connectivity index (χ4n) is 2.74. The number of amidine groups is 1. The molecule has 7 heteroatoms. The fourth-order valence-corrected chi connectivity index (χ4v) is 2.86. The van der Waals surface area contributed by atoms with E-state index in [-0.39, 0.29) is 24.5 Å². The van der Waals surface area contributed by atoms with Gasteiger partial charge in [0.25, 0.3) is 5.91 Å². The number of hydrogen-bond donors (Lipinski definition) is 3.